The number of aliphatic hydroxyl groups excluding tert-OH is 1. The second-order valence-corrected chi connectivity index (χ2v) is 21.2. The van der Waals surface area contributed by atoms with Gasteiger partial charge in [0, 0.05) is 74.6 Å². The highest BCUT2D eigenvalue weighted by atomic mass is 16.4. The zero-order valence-corrected chi connectivity index (χ0v) is 48.1. The summed E-state index contributed by atoms with van der Waals surface area (Å²) >= 11 is 0. The first-order chi connectivity index (χ1) is 41.3. The summed E-state index contributed by atoms with van der Waals surface area (Å²) in [6.07, 6.45) is 4.25. The minimum Gasteiger partial charge on any atom is -0.508 e. The molecule has 6 rings (SSSR count). The van der Waals surface area contributed by atoms with Gasteiger partial charge in [0.1, 0.15) is 54.1 Å². The summed E-state index contributed by atoms with van der Waals surface area (Å²) in [5, 5.41) is 51.5. The van der Waals surface area contributed by atoms with E-state index in [4.69, 9.17) is 21.4 Å². The second-order valence-electron chi connectivity index (χ2n) is 21.2. The monoisotopic (exact) mass is 1210 g/mol. The van der Waals surface area contributed by atoms with Gasteiger partial charge in [-0.05, 0) is 67.3 Å². The van der Waals surface area contributed by atoms with Crippen LogP contribution in [-0.2, 0) is 81.6 Å². The van der Waals surface area contributed by atoms with Gasteiger partial charge in [-0.25, -0.2) is 4.98 Å². The van der Waals surface area contributed by atoms with Gasteiger partial charge < -0.3 is 89.5 Å². The molecule has 31 nitrogen and oxygen atoms in total. The van der Waals surface area contributed by atoms with Crippen LogP contribution >= 0.6 is 0 Å². The van der Waals surface area contributed by atoms with Crippen molar-refractivity contribution < 1.29 is 77.6 Å². The van der Waals surface area contributed by atoms with Crippen LogP contribution in [-0.4, -0.2) is 187 Å². The minimum atomic E-state index is -1.76. The van der Waals surface area contributed by atoms with E-state index < -0.39 is 139 Å². The molecule has 18 N–H and O–H groups in total. The lowest BCUT2D eigenvalue weighted by Crippen LogP contribution is -2.60. The first kappa shape index (κ1) is 67.8. The molecule has 2 aromatic carbocycles. The number of carboxylic acid groups (broad SMARTS) is 1. The lowest BCUT2D eigenvalue weighted by Gasteiger charge is -2.30. The van der Waals surface area contributed by atoms with Crippen LogP contribution in [0.2, 0.25) is 0 Å². The maximum atomic E-state index is 14.4. The first-order valence-corrected chi connectivity index (χ1v) is 28.0. The quantitative estimate of drug-likeness (QED) is 0.0236. The normalized spacial score (nSPS) is 16.4. The number of likely N-dealkylation sites (tertiary alicyclic amines) is 1. The average Bonchev–Trinajstić information content (AvgIpc) is 3.49. The van der Waals surface area contributed by atoms with Crippen LogP contribution in [0.5, 0.6) is 5.75 Å². The van der Waals surface area contributed by atoms with Crippen molar-refractivity contribution in [2.75, 3.05) is 26.2 Å². The molecule has 31 heteroatoms. The van der Waals surface area contributed by atoms with Gasteiger partial charge in [0.2, 0.25) is 70.9 Å². The van der Waals surface area contributed by atoms with Crippen molar-refractivity contribution in [1.82, 2.24) is 67.7 Å². The van der Waals surface area contributed by atoms with E-state index in [9.17, 15) is 67.7 Å². The number of imidazole rings is 1. The number of nitrogens with two attached hydrogens (primary N) is 2. The van der Waals surface area contributed by atoms with E-state index in [1.165, 1.54) is 41.7 Å². The standard InChI is InChI=1S/C54H71N15O14.C2H4O2/c1-28(2)18-37(49(78)64-36(13-15-43(55)72)54(83)69-17-5-8-42(69)53(82)59-24-44(56)73)63-46(75)25-60-47(76)38(19-29-9-11-32(71)12-10-29)65-52(81)41(26-70)68-50(79)39(20-30-22-58-34-7-4-3-6-33(30)34)66-51(80)40(21-31-23-57-27-61-31)67-48(77)35-14-16-45(74)62-35;1-2(3)4/h3-4,6-7,9-12,22-23,27-28,35-42,58,70-71H,5,8,13-21,24-26H2,1-2H3,(H2,55,72)(H2,56,73)(H,57,61)(H,59,82)(H,60,76)(H,62,74)(H,63,75)(H,64,78)(H,65,81)(H,66,80)(H,67,77)(H,68,79);1H3,(H,3,4). The lowest BCUT2D eigenvalue weighted by molar-refractivity contribution is -0.142. The number of nitrogens with zero attached hydrogens (tertiary/aromatic N) is 2. The number of hydrogen-bond donors (Lipinski definition) is 16. The number of fused-ring (bicyclic) bond motifs is 1. The number of aromatic amines is 2. The van der Waals surface area contributed by atoms with Gasteiger partial charge in [-0.3, -0.25) is 62.3 Å². The molecule has 87 heavy (non-hydrogen) atoms. The van der Waals surface area contributed by atoms with Crippen LogP contribution in [0, 0.1) is 5.92 Å². The van der Waals surface area contributed by atoms with Crippen LogP contribution < -0.4 is 59.3 Å². The molecule has 0 saturated carbocycles. The Hall–Kier alpha value is -9.94. The first-order valence-electron chi connectivity index (χ1n) is 28.0. The van der Waals surface area contributed by atoms with Gasteiger partial charge in [0.15, 0.2) is 0 Å². The summed E-state index contributed by atoms with van der Waals surface area (Å²) in [4.78, 5) is 180. The number of rotatable bonds is 30. The third-order valence-electron chi connectivity index (χ3n) is 13.8. The fraction of sp³-hybridized carbons (Fsp3) is 0.464. The highest BCUT2D eigenvalue weighted by Crippen LogP contribution is 2.22. The number of carbonyl (C=O) groups is 13. The third-order valence-corrected chi connectivity index (χ3v) is 13.8. The maximum absolute atomic E-state index is 14.4. The smallest absolute Gasteiger partial charge is 0.300 e. The number of H-pyrrole nitrogens is 2. The van der Waals surface area contributed by atoms with Crippen molar-refractivity contribution >= 4 is 87.8 Å². The van der Waals surface area contributed by atoms with Gasteiger partial charge in [-0.2, -0.15) is 0 Å². The Morgan fingerprint density at radius 3 is 1.93 bits per heavy atom. The number of aromatic hydroxyl groups is 1. The van der Waals surface area contributed by atoms with Gasteiger partial charge in [0.05, 0.1) is 26.0 Å². The van der Waals surface area contributed by atoms with E-state index >= 15 is 0 Å². The number of aromatic nitrogens is 3. The van der Waals surface area contributed by atoms with Crippen molar-refractivity contribution in [1.29, 1.82) is 0 Å². The third kappa shape index (κ3) is 21.6. The largest absolute Gasteiger partial charge is 0.508 e. The average molecular weight is 1210 g/mol. The number of phenolic OH excluding ortho intramolecular Hbond substituents is 1. The molecule has 2 fully saturated rings. The summed E-state index contributed by atoms with van der Waals surface area (Å²) in [5.74, 6) is -10.7. The Labute approximate surface area is 498 Å². The topological polar surface area (TPSA) is 491 Å². The van der Waals surface area contributed by atoms with E-state index in [1.807, 2.05) is 0 Å². The number of amides is 12. The Morgan fingerprint density at radius 2 is 1.32 bits per heavy atom. The lowest BCUT2D eigenvalue weighted by atomic mass is 10.0. The molecular weight excluding hydrogens is 1140 g/mol. The number of phenols is 1. The minimum absolute atomic E-state index is 0.0217. The molecule has 2 aliphatic rings. The number of carboxylic acids is 1. The number of aliphatic hydroxyl groups is 1. The van der Waals surface area contributed by atoms with Gasteiger partial charge in [-0.15, -0.1) is 0 Å². The molecular formula is C56H75N15O16. The molecule has 0 bridgehead atoms. The predicted molar refractivity (Wildman–Crippen MR) is 307 cm³/mol. The number of aliphatic carboxylic acids is 1. The zero-order chi connectivity index (χ0) is 63.9. The maximum Gasteiger partial charge on any atom is 0.300 e. The summed E-state index contributed by atoms with van der Waals surface area (Å²) < 4.78 is 0. The molecule has 2 aromatic heterocycles. The molecule has 0 spiro atoms. The van der Waals surface area contributed by atoms with E-state index in [2.05, 4.69) is 62.8 Å². The van der Waals surface area contributed by atoms with E-state index in [0.717, 1.165) is 6.92 Å². The molecule has 12 amide bonds. The molecule has 0 radical (unpaired) electrons. The van der Waals surface area contributed by atoms with Crippen LogP contribution in [0.25, 0.3) is 10.9 Å². The summed E-state index contributed by atoms with van der Waals surface area (Å²) in [6, 6.07) is 2.02. The number of primary amides is 2. The molecule has 8 atom stereocenters. The van der Waals surface area contributed by atoms with Crippen LogP contribution in [0.15, 0.2) is 67.3 Å². The van der Waals surface area contributed by atoms with E-state index in [1.54, 1.807) is 44.3 Å². The SMILES string of the molecule is CC(=O)O.CC(C)CC(NC(=O)CNC(=O)C(Cc1ccc(O)cc1)NC(=O)C(CO)NC(=O)C(Cc1c[nH]c2ccccc12)NC(=O)C(Cc1cnc[nH]1)NC(=O)C1CCC(=O)N1)C(=O)NC(CCC(N)=O)C(=O)N1CCCC1C(=O)NCC(N)=O. The summed E-state index contributed by atoms with van der Waals surface area (Å²) in [6.45, 7) is 2.44. The molecule has 8 unspecified atom stereocenters. The zero-order valence-electron chi connectivity index (χ0n) is 48.1. The fourth-order valence-electron chi connectivity index (χ4n) is 9.58. The van der Waals surface area contributed by atoms with Gasteiger partial charge in [-0.1, -0.05) is 44.2 Å². The number of para-hydroxylation sites is 1. The molecule has 2 saturated heterocycles. The van der Waals surface area contributed by atoms with Crippen LogP contribution in [0.4, 0.5) is 0 Å². The molecule has 4 aromatic rings. The van der Waals surface area contributed by atoms with Crippen molar-refractivity contribution in [2.45, 2.75) is 133 Å². The molecule has 470 valence electrons. The fourth-order valence-corrected chi connectivity index (χ4v) is 9.58. The van der Waals surface area contributed by atoms with E-state index in [0.29, 0.717) is 34.1 Å². The number of carbonyl (C=O) groups excluding carboxylic acids is 12. The number of nitrogens with one attached hydrogen (secondary N) is 11. The van der Waals surface area contributed by atoms with Crippen LogP contribution in [0.3, 0.4) is 0 Å². The van der Waals surface area contributed by atoms with Gasteiger partial charge >= 0.3 is 0 Å². The van der Waals surface area contributed by atoms with Crippen molar-refractivity contribution in [2.24, 2.45) is 17.4 Å². The van der Waals surface area contributed by atoms with Crippen molar-refractivity contribution in [3.05, 3.63) is 84.1 Å². The van der Waals surface area contributed by atoms with E-state index in [-0.39, 0.29) is 81.9 Å². The summed E-state index contributed by atoms with van der Waals surface area (Å²) in [7, 11) is 0. The Bertz CT molecular complexity index is 3110. The number of benzene rings is 2. The highest BCUT2D eigenvalue weighted by molar-refractivity contribution is 5.99. The predicted octanol–water partition coefficient (Wildman–Crippen LogP) is -4.08. The van der Waals surface area contributed by atoms with Crippen LogP contribution in [0.1, 0.15) is 82.5 Å². The summed E-state index contributed by atoms with van der Waals surface area (Å²) in [5.41, 5.74) is 12.7. The van der Waals surface area contributed by atoms with Crippen molar-refractivity contribution in [3.63, 3.8) is 0 Å². The molecule has 0 aliphatic carbocycles. The Morgan fingerprint density at radius 1 is 0.701 bits per heavy atom. The number of hydrogen-bond acceptors (Lipinski definition) is 16. The highest BCUT2D eigenvalue weighted by Gasteiger charge is 2.39. The van der Waals surface area contributed by atoms with Gasteiger partial charge in [0.25, 0.3) is 5.97 Å². The van der Waals surface area contributed by atoms with Crippen molar-refractivity contribution in [3.8, 4) is 5.75 Å². The molecule has 2 aliphatic heterocycles. The molecule has 4 heterocycles. The Kier molecular flexibility index (Phi) is 25.7. The second kappa shape index (κ2) is 32.9. The Balaban J connectivity index is 0.00000334.